The number of phenolic OH excluding ortho intramolecular Hbond substituents is 1. The van der Waals surface area contributed by atoms with Crippen molar-refractivity contribution in [3.05, 3.63) is 56.0 Å². The van der Waals surface area contributed by atoms with Crippen LogP contribution in [0.15, 0.2) is 39.3 Å². The van der Waals surface area contributed by atoms with Gasteiger partial charge in [-0.15, -0.1) is 0 Å². The maximum atomic E-state index is 10.2. The molecule has 0 saturated carbocycles. The first-order valence-electron chi connectivity index (χ1n) is 6.08. The van der Waals surface area contributed by atoms with E-state index in [0.717, 1.165) is 32.2 Å². The van der Waals surface area contributed by atoms with Crippen LogP contribution in [0.5, 0.6) is 5.75 Å². The fourth-order valence-corrected chi connectivity index (χ4v) is 3.66. The topological polar surface area (TPSA) is 32.3 Å². The summed E-state index contributed by atoms with van der Waals surface area (Å²) in [5.41, 5.74) is 4.50. The predicted molar refractivity (Wildman–Crippen MR) is 84.8 cm³/mol. The summed E-state index contributed by atoms with van der Waals surface area (Å²) in [6.45, 7) is 2.03. The lowest BCUT2D eigenvalue weighted by Crippen LogP contribution is -2.08. The summed E-state index contributed by atoms with van der Waals surface area (Å²) in [6.07, 6.45) is 0.894. The van der Waals surface area contributed by atoms with Crippen LogP contribution >= 0.6 is 31.9 Å². The fraction of sp³-hybridized carbons (Fsp3) is 0.200. The van der Waals surface area contributed by atoms with Gasteiger partial charge >= 0.3 is 0 Å². The van der Waals surface area contributed by atoms with Crippen LogP contribution in [0.1, 0.15) is 22.7 Å². The van der Waals surface area contributed by atoms with Crippen LogP contribution < -0.4 is 5.32 Å². The molecule has 0 bridgehead atoms. The molecule has 0 fully saturated rings. The van der Waals surface area contributed by atoms with Gasteiger partial charge in [-0.2, -0.15) is 0 Å². The lowest BCUT2D eigenvalue weighted by molar-refractivity contribution is 0.463. The second-order valence-electron chi connectivity index (χ2n) is 4.86. The number of halogens is 2. The van der Waals surface area contributed by atoms with Crippen molar-refractivity contribution < 1.29 is 5.11 Å². The molecule has 0 aliphatic carbocycles. The Morgan fingerprint density at radius 2 is 1.95 bits per heavy atom. The van der Waals surface area contributed by atoms with Gasteiger partial charge in [0.15, 0.2) is 0 Å². The number of benzene rings is 2. The van der Waals surface area contributed by atoms with Gasteiger partial charge in [0.2, 0.25) is 0 Å². The van der Waals surface area contributed by atoms with Crippen LogP contribution in [-0.2, 0) is 6.42 Å². The summed E-state index contributed by atoms with van der Waals surface area (Å²) in [5, 5.41) is 13.7. The van der Waals surface area contributed by atoms with Gasteiger partial charge in [0.05, 0.1) is 6.04 Å². The Morgan fingerprint density at radius 3 is 2.68 bits per heavy atom. The van der Waals surface area contributed by atoms with Crippen molar-refractivity contribution in [2.75, 3.05) is 5.32 Å². The van der Waals surface area contributed by atoms with Crippen LogP contribution in [0.2, 0.25) is 0 Å². The number of aromatic hydroxyl groups is 1. The van der Waals surface area contributed by atoms with E-state index in [4.69, 9.17) is 0 Å². The molecule has 0 aromatic heterocycles. The fourth-order valence-electron chi connectivity index (χ4n) is 2.69. The highest BCUT2D eigenvalue weighted by Gasteiger charge is 2.25. The molecule has 1 heterocycles. The number of aryl methyl sites for hydroxylation is 1. The predicted octanol–water partition coefficient (Wildman–Crippen LogP) is 4.93. The molecular formula is C15H13Br2NO. The van der Waals surface area contributed by atoms with E-state index in [1.54, 1.807) is 6.07 Å². The highest BCUT2D eigenvalue weighted by Crippen LogP contribution is 2.40. The van der Waals surface area contributed by atoms with Crippen molar-refractivity contribution in [2.24, 2.45) is 0 Å². The first-order valence-corrected chi connectivity index (χ1v) is 7.67. The summed E-state index contributed by atoms with van der Waals surface area (Å²) >= 11 is 6.90. The summed E-state index contributed by atoms with van der Waals surface area (Å²) in [7, 11) is 0. The number of fused-ring (bicyclic) bond motifs is 1. The first kappa shape index (κ1) is 13.0. The van der Waals surface area contributed by atoms with Crippen molar-refractivity contribution in [3.63, 3.8) is 0 Å². The van der Waals surface area contributed by atoms with Crippen molar-refractivity contribution in [1.29, 1.82) is 0 Å². The van der Waals surface area contributed by atoms with Gasteiger partial charge in [-0.25, -0.2) is 0 Å². The highest BCUT2D eigenvalue weighted by atomic mass is 79.9. The van der Waals surface area contributed by atoms with E-state index in [9.17, 15) is 5.11 Å². The Morgan fingerprint density at radius 1 is 1.16 bits per heavy atom. The third kappa shape index (κ3) is 2.39. The van der Waals surface area contributed by atoms with E-state index < -0.39 is 0 Å². The molecule has 4 heteroatoms. The van der Waals surface area contributed by atoms with Crippen LogP contribution in [0.25, 0.3) is 0 Å². The van der Waals surface area contributed by atoms with Gasteiger partial charge in [0.25, 0.3) is 0 Å². The average Bonchev–Trinajstić information content (AvgIpc) is 2.69. The van der Waals surface area contributed by atoms with Gasteiger partial charge in [0.1, 0.15) is 5.75 Å². The number of nitrogens with one attached hydrogen (secondary N) is 1. The molecule has 1 atom stereocenters. The van der Waals surface area contributed by atoms with Crippen molar-refractivity contribution in [1.82, 2.24) is 0 Å². The number of phenols is 1. The Labute approximate surface area is 129 Å². The molecule has 0 spiro atoms. The summed E-state index contributed by atoms with van der Waals surface area (Å²) in [6, 6.07) is 10.2. The molecule has 1 unspecified atom stereocenters. The summed E-state index contributed by atoms with van der Waals surface area (Å²) < 4.78 is 2.00. The van der Waals surface area contributed by atoms with E-state index >= 15 is 0 Å². The molecule has 1 aliphatic heterocycles. The Kier molecular flexibility index (Phi) is 3.31. The maximum absolute atomic E-state index is 10.2. The van der Waals surface area contributed by atoms with Crippen LogP contribution in [0.4, 0.5) is 5.69 Å². The number of hydrogen-bond acceptors (Lipinski definition) is 2. The average molecular weight is 383 g/mol. The minimum Gasteiger partial charge on any atom is -0.508 e. The third-order valence-electron chi connectivity index (χ3n) is 3.50. The van der Waals surface area contributed by atoms with Gasteiger partial charge < -0.3 is 10.4 Å². The van der Waals surface area contributed by atoms with Crippen molar-refractivity contribution in [3.8, 4) is 5.75 Å². The minimum absolute atomic E-state index is 0.136. The molecule has 3 rings (SSSR count). The van der Waals surface area contributed by atoms with Crippen molar-refractivity contribution in [2.45, 2.75) is 19.4 Å². The monoisotopic (exact) mass is 381 g/mol. The molecule has 1 aliphatic rings. The number of hydrogen-bond donors (Lipinski definition) is 2. The van der Waals surface area contributed by atoms with Gasteiger partial charge in [-0.05, 0) is 54.8 Å². The molecule has 98 valence electrons. The molecular weight excluding hydrogens is 370 g/mol. The SMILES string of the molecule is Cc1cc(Br)cc(O)c1C1Cc2cc(Br)ccc2N1. The van der Waals surface area contributed by atoms with E-state index in [2.05, 4.69) is 49.3 Å². The van der Waals surface area contributed by atoms with Gasteiger partial charge in [0, 0.05) is 20.2 Å². The second-order valence-corrected chi connectivity index (χ2v) is 6.69. The van der Waals surface area contributed by atoms with Gasteiger partial charge in [-0.1, -0.05) is 31.9 Å². The highest BCUT2D eigenvalue weighted by molar-refractivity contribution is 9.10. The normalized spacial score (nSPS) is 17.1. The van der Waals surface area contributed by atoms with Crippen LogP contribution in [0.3, 0.4) is 0 Å². The molecule has 0 saturated heterocycles. The zero-order chi connectivity index (χ0) is 13.6. The Hall–Kier alpha value is -1.00. The minimum atomic E-state index is 0.136. The quantitative estimate of drug-likeness (QED) is 0.732. The Bertz CT molecular complexity index is 632. The van der Waals surface area contributed by atoms with Gasteiger partial charge in [-0.3, -0.25) is 0 Å². The van der Waals surface area contributed by atoms with E-state index in [1.165, 1.54) is 5.56 Å². The number of anilines is 1. The largest absolute Gasteiger partial charge is 0.508 e. The Balaban J connectivity index is 1.99. The molecule has 2 nitrogen and oxygen atoms in total. The molecule has 0 radical (unpaired) electrons. The zero-order valence-electron chi connectivity index (χ0n) is 10.4. The number of rotatable bonds is 1. The van der Waals surface area contributed by atoms with Crippen LogP contribution in [0, 0.1) is 6.92 Å². The van der Waals surface area contributed by atoms with E-state index in [-0.39, 0.29) is 6.04 Å². The third-order valence-corrected chi connectivity index (χ3v) is 4.45. The van der Waals surface area contributed by atoms with E-state index in [0.29, 0.717) is 5.75 Å². The molecule has 2 aromatic rings. The summed E-state index contributed by atoms with van der Waals surface area (Å²) in [4.78, 5) is 0. The summed E-state index contributed by atoms with van der Waals surface area (Å²) in [5.74, 6) is 0.344. The zero-order valence-corrected chi connectivity index (χ0v) is 13.5. The smallest absolute Gasteiger partial charge is 0.122 e. The molecule has 2 aromatic carbocycles. The molecule has 2 N–H and O–H groups in total. The maximum Gasteiger partial charge on any atom is 0.122 e. The second kappa shape index (κ2) is 4.84. The lowest BCUT2D eigenvalue weighted by Gasteiger charge is -2.16. The molecule has 0 amide bonds. The van der Waals surface area contributed by atoms with Crippen molar-refractivity contribution >= 4 is 37.5 Å². The standard InChI is InChI=1S/C15H13Br2NO/c1-8-4-11(17)7-14(19)15(8)13-6-9-5-10(16)2-3-12(9)18-13/h2-5,7,13,18-19H,6H2,1H3. The lowest BCUT2D eigenvalue weighted by atomic mass is 9.97. The molecule has 19 heavy (non-hydrogen) atoms. The van der Waals surface area contributed by atoms with E-state index in [1.807, 2.05) is 19.1 Å². The van der Waals surface area contributed by atoms with Crippen LogP contribution in [-0.4, -0.2) is 5.11 Å². The first-order chi connectivity index (χ1) is 9.04.